The minimum Gasteiger partial charge on any atom is -0.258 e. The SMILES string of the molecule is O=[N+]([O-])c1cc(S(=O)(=O)F)sc1Cl. The molecule has 0 aliphatic carbocycles. The molecule has 1 aromatic heterocycles. The van der Waals surface area contributed by atoms with E-state index in [1.54, 1.807) is 0 Å². The molecule has 0 unspecified atom stereocenters. The van der Waals surface area contributed by atoms with E-state index >= 15 is 0 Å². The van der Waals surface area contributed by atoms with Crippen LogP contribution in [0.4, 0.5) is 9.57 Å². The highest BCUT2D eigenvalue weighted by atomic mass is 35.5. The Morgan fingerprint density at radius 1 is 1.62 bits per heavy atom. The highest BCUT2D eigenvalue weighted by Gasteiger charge is 2.24. The summed E-state index contributed by atoms with van der Waals surface area (Å²) < 4.78 is 31.7. The summed E-state index contributed by atoms with van der Waals surface area (Å²) in [5.74, 6) is 0. The normalized spacial score (nSPS) is 11.5. The molecule has 0 aliphatic rings. The lowest BCUT2D eigenvalue weighted by atomic mass is 10.6. The van der Waals surface area contributed by atoms with Crippen LogP contribution in [0.3, 0.4) is 0 Å². The number of thiophene rings is 1. The second-order valence-electron chi connectivity index (χ2n) is 1.92. The summed E-state index contributed by atoms with van der Waals surface area (Å²) in [6, 6.07) is 0.586. The van der Waals surface area contributed by atoms with E-state index in [2.05, 4.69) is 0 Å². The van der Waals surface area contributed by atoms with Crippen LogP contribution in [0.5, 0.6) is 0 Å². The van der Waals surface area contributed by atoms with Gasteiger partial charge >= 0.3 is 10.2 Å². The van der Waals surface area contributed by atoms with Crippen molar-refractivity contribution < 1.29 is 17.2 Å². The molecule has 1 rings (SSSR count). The lowest BCUT2D eigenvalue weighted by Crippen LogP contribution is -1.87. The molecule has 1 heterocycles. The van der Waals surface area contributed by atoms with E-state index in [0.29, 0.717) is 17.4 Å². The molecule has 0 fully saturated rings. The van der Waals surface area contributed by atoms with Crippen molar-refractivity contribution in [3.05, 3.63) is 20.5 Å². The van der Waals surface area contributed by atoms with Crippen molar-refractivity contribution in [2.24, 2.45) is 0 Å². The van der Waals surface area contributed by atoms with Gasteiger partial charge < -0.3 is 0 Å². The summed E-state index contributed by atoms with van der Waals surface area (Å²) in [6.07, 6.45) is 0. The van der Waals surface area contributed by atoms with Gasteiger partial charge in [0.15, 0.2) is 8.55 Å². The zero-order valence-corrected chi connectivity index (χ0v) is 8.12. The third kappa shape index (κ3) is 2.14. The van der Waals surface area contributed by atoms with Crippen LogP contribution in [0.1, 0.15) is 0 Å². The third-order valence-electron chi connectivity index (χ3n) is 1.08. The predicted octanol–water partition coefficient (Wildman–Crippen LogP) is 1.97. The van der Waals surface area contributed by atoms with Gasteiger partial charge in [-0.15, -0.1) is 11.3 Å². The van der Waals surface area contributed by atoms with E-state index in [4.69, 9.17) is 11.6 Å². The molecule has 0 saturated carbocycles. The van der Waals surface area contributed by atoms with Gasteiger partial charge in [-0.05, 0) is 0 Å². The first-order valence-electron chi connectivity index (χ1n) is 2.71. The van der Waals surface area contributed by atoms with E-state index in [-0.39, 0.29) is 4.34 Å². The standard InChI is InChI=1S/C4HClFNO4S2/c5-4-2(7(8)9)1-3(12-4)13(6,10)11/h1H. The maximum absolute atomic E-state index is 12.3. The van der Waals surface area contributed by atoms with Crippen LogP contribution in [0.2, 0.25) is 4.34 Å². The van der Waals surface area contributed by atoms with Crippen LogP contribution in [0.25, 0.3) is 0 Å². The molecule has 0 radical (unpaired) electrons. The van der Waals surface area contributed by atoms with Gasteiger partial charge in [0, 0.05) is 0 Å². The maximum atomic E-state index is 12.3. The van der Waals surface area contributed by atoms with E-state index < -0.39 is 25.0 Å². The molecular weight excluding hydrogens is 245 g/mol. The Hall–Kier alpha value is -0.730. The van der Waals surface area contributed by atoms with Gasteiger partial charge in [-0.1, -0.05) is 15.5 Å². The van der Waals surface area contributed by atoms with Crippen molar-refractivity contribution in [1.82, 2.24) is 0 Å². The Bertz CT molecular complexity index is 453. The summed E-state index contributed by atoms with van der Waals surface area (Å²) in [4.78, 5) is 9.29. The number of nitro groups is 1. The fourth-order valence-electron chi connectivity index (χ4n) is 0.583. The highest BCUT2D eigenvalue weighted by Crippen LogP contribution is 2.36. The van der Waals surface area contributed by atoms with E-state index in [1.165, 1.54) is 0 Å². The predicted molar refractivity (Wildman–Crippen MR) is 44.3 cm³/mol. The van der Waals surface area contributed by atoms with Crippen LogP contribution in [-0.4, -0.2) is 13.3 Å². The van der Waals surface area contributed by atoms with Crippen molar-refractivity contribution in [3.8, 4) is 0 Å². The molecule has 0 atom stereocenters. The molecule has 0 bridgehead atoms. The van der Waals surface area contributed by atoms with Crippen LogP contribution >= 0.6 is 22.9 Å². The molecule has 0 spiro atoms. The zero-order chi connectivity index (χ0) is 10.2. The molecular formula is C4HClFNO4S2. The molecule has 0 aliphatic heterocycles. The summed E-state index contributed by atoms with van der Waals surface area (Å²) in [5, 5.41) is 10.2. The number of halogens is 2. The van der Waals surface area contributed by atoms with Crippen molar-refractivity contribution in [2.45, 2.75) is 4.21 Å². The van der Waals surface area contributed by atoms with E-state index in [1.807, 2.05) is 0 Å². The topological polar surface area (TPSA) is 77.3 Å². The minimum absolute atomic E-state index is 0.310. The van der Waals surface area contributed by atoms with Crippen LogP contribution < -0.4 is 0 Å². The smallest absolute Gasteiger partial charge is 0.258 e. The zero-order valence-electron chi connectivity index (χ0n) is 5.73. The largest absolute Gasteiger partial charge is 0.341 e. The Morgan fingerprint density at radius 2 is 2.15 bits per heavy atom. The van der Waals surface area contributed by atoms with Gasteiger partial charge in [-0.2, -0.15) is 8.42 Å². The second-order valence-corrected chi connectivity index (χ2v) is 5.15. The summed E-state index contributed by atoms with van der Waals surface area (Å²) in [5.41, 5.74) is -0.608. The molecule has 72 valence electrons. The lowest BCUT2D eigenvalue weighted by Gasteiger charge is -1.82. The quantitative estimate of drug-likeness (QED) is 0.453. The Kier molecular flexibility index (Phi) is 2.55. The van der Waals surface area contributed by atoms with Gasteiger partial charge in [0.05, 0.1) is 11.0 Å². The van der Waals surface area contributed by atoms with Crippen molar-refractivity contribution >= 4 is 38.8 Å². The minimum atomic E-state index is -4.91. The van der Waals surface area contributed by atoms with Gasteiger partial charge in [0.2, 0.25) is 0 Å². The monoisotopic (exact) mass is 245 g/mol. The number of nitrogens with zero attached hydrogens (tertiary/aromatic N) is 1. The molecule has 1 aromatic rings. The fraction of sp³-hybridized carbons (Fsp3) is 0. The molecule has 0 N–H and O–H groups in total. The van der Waals surface area contributed by atoms with Crippen molar-refractivity contribution in [3.63, 3.8) is 0 Å². The molecule has 9 heteroatoms. The number of hydrogen-bond donors (Lipinski definition) is 0. The first-order chi connectivity index (χ1) is 5.82. The summed E-state index contributed by atoms with van der Waals surface area (Å²) in [7, 11) is -4.91. The molecule has 13 heavy (non-hydrogen) atoms. The molecule has 0 amide bonds. The van der Waals surface area contributed by atoms with Crippen molar-refractivity contribution in [1.29, 1.82) is 0 Å². The fourth-order valence-corrected chi connectivity index (χ4v) is 2.58. The highest BCUT2D eigenvalue weighted by molar-refractivity contribution is 7.88. The van der Waals surface area contributed by atoms with Crippen molar-refractivity contribution in [2.75, 3.05) is 0 Å². The number of rotatable bonds is 2. The maximum Gasteiger partial charge on any atom is 0.341 e. The number of hydrogen-bond acceptors (Lipinski definition) is 5. The summed E-state index contributed by atoms with van der Waals surface area (Å²) in [6.45, 7) is 0. The first kappa shape index (κ1) is 10.4. The van der Waals surface area contributed by atoms with Gasteiger partial charge in [-0.25, -0.2) is 0 Å². The second kappa shape index (κ2) is 3.20. The first-order valence-corrected chi connectivity index (χ1v) is 5.28. The van der Waals surface area contributed by atoms with Gasteiger partial charge in [0.1, 0.15) is 0 Å². The van der Waals surface area contributed by atoms with Crippen LogP contribution in [-0.2, 0) is 10.2 Å². The average molecular weight is 246 g/mol. The third-order valence-corrected chi connectivity index (χ3v) is 3.66. The Morgan fingerprint density at radius 3 is 2.38 bits per heavy atom. The summed E-state index contributed by atoms with van der Waals surface area (Å²) >= 11 is 5.60. The Balaban J connectivity index is 3.33. The van der Waals surface area contributed by atoms with Crippen LogP contribution in [0.15, 0.2) is 10.3 Å². The van der Waals surface area contributed by atoms with E-state index in [0.717, 1.165) is 0 Å². The molecule has 0 aromatic carbocycles. The molecule has 5 nitrogen and oxygen atoms in total. The Labute approximate surface area is 81.1 Å². The van der Waals surface area contributed by atoms with Gasteiger partial charge in [-0.3, -0.25) is 10.1 Å². The van der Waals surface area contributed by atoms with Gasteiger partial charge in [0.25, 0.3) is 5.69 Å². The van der Waals surface area contributed by atoms with E-state index in [9.17, 15) is 22.4 Å². The molecule has 0 saturated heterocycles. The van der Waals surface area contributed by atoms with Crippen LogP contribution in [0, 0.1) is 10.1 Å². The average Bonchev–Trinajstić information content (AvgIpc) is 2.29. The lowest BCUT2D eigenvalue weighted by molar-refractivity contribution is -0.384.